The molecule has 3 aromatic rings. The number of hydrogen-bond donors (Lipinski definition) is 2. The highest BCUT2D eigenvalue weighted by molar-refractivity contribution is 7.91. The minimum absolute atomic E-state index is 0.0451. The summed E-state index contributed by atoms with van der Waals surface area (Å²) in [6, 6.07) is 9.94. The molecule has 1 aromatic carbocycles. The smallest absolute Gasteiger partial charge is 0.269 e. The van der Waals surface area contributed by atoms with Crippen molar-refractivity contribution in [3.8, 4) is 0 Å². The molecule has 0 spiro atoms. The lowest BCUT2D eigenvalue weighted by Gasteiger charge is -2.34. The topological polar surface area (TPSA) is 122 Å². The fraction of sp³-hybridized carbons (Fsp3) is 0.409. The fourth-order valence-corrected chi connectivity index (χ4v) is 7.33. The second-order valence-electron chi connectivity index (χ2n) is 8.84. The van der Waals surface area contributed by atoms with Crippen molar-refractivity contribution in [2.24, 2.45) is 5.92 Å². The number of sulfone groups is 1. The molecule has 2 aromatic heterocycles. The van der Waals surface area contributed by atoms with Gasteiger partial charge in [-0.15, -0.1) is 0 Å². The number of aliphatic hydroxyl groups is 1. The molecule has 2 aliphatic rings. The third-order valence-corrected chi connectivity index (χ3v) is 10.1. The second kappa shape index (κ2) is 8.08. The zero-order chi connectivity index (χ0) is 23.4. The Kier molecular flexibility index (Phi) is 5.47. The quantitative estimate of drug-likeness (QED) is 0.559. The van der Waals surface area contributed by atoms with Gasteiger partial charge in [-0.05, 0) is 43.9 Å². The summed E-state index contributed by atoms with van der Waals surface area (Å²) in [5, 5.41) is 13.1. The van der Waals surface area contributed by atoms with Crippen LogP contribution < -0.4 is 5.43 Å². The van der Waals surface area contributed by atoms with Crippen LogP contribution in [-0.2, 0) is 26.4 Å². The van der Waals surface area contributed by atoms with Gasteiger partial charge in [-0.2, -0.15) is 5.01 Å². The van der Waals surface area contributed by atoms with E-state index < -0.39 is 26.1 Å². The van der Waals surface area contributed by atoms with Gasteiger partial charge >= 0.3 is 0 Å². The zero-order valence-corrected chi connectivity index (χ0v) is 19.8. The lowest BCUT2D eigenvalue weighted by molar-refractivity contribution is -0.0366. The molecule has 1 fully saturated rings. The van der Waals surface area contributed by atoms with Gasteiger partial charge in [-0.25, -0.2) is 25.8 Å². The van der Waals surface area contributed by atoms with Crippen LogP contribution in [0.25, 0.3) is 11.0 Å². The van der Waals surface area contributed by atoms with Gasteiger partial charge in [0.1, 0.15) is 16.1 Å². The molecule has 1 atom stereocenters. The Hall–Kier alpha value is -2.47. The molecule has 2 N–H and O–H groups in total. The standard InChI is InChI=1S/C22H26N4O5S2/c1-32(28,29)16-9-7-15(8-10-16)22(27)25-14-19-18-11-12-26(21(18)23-13-20(19)24-25)33(30,31)17-5-3-2-4-6-17/h2-6,11-13,15-16,22,24,27H,7-10,14H2,1H3. The highest BCUT2D eigenvalue weighted by Crippen LogP contribution is 2.37. The van der Waals surface area contributed by atoms with Crippen LogP contribution in [0.1, 0.15) is 31.2 Å². The number of aliphatic hydroxyl groups excluding tert-OH is 1. The van der Waals surface area contributed by atoms with Gasteiger partial charge in [0.25, 0.3) is 10.0 Å². The molecular formula is C22H26N4O5S2. The number of pyridine rings is 1. The lowest BCUT2D eigenvalue weighted by Crippen LogP contribution is -2.43. The number of anilines is 1. The predicted molar refractivity (Wildman–Crippen MR) is 125 cm³/mol. The first-order valence-corrected chi connectivity index (χ1v) is 14.3. The third-order valence-electron chi connectivity index (χ3n) is 6.75. The number of hydrogen-bond acceptors (Lipinski definition) is 8. The largest absolute Gasteiger partial charge is 0.376 e. The Balaban J connectivity index is 1.38. The highest BCUT2D eigenvalue weighted by Gasteiger charge is 2.36. The van der Waals surface area contributed by atoms with Gasteiger partial charge in [0.2, 0.25) is 0 Å². The summed E-state index contributed by atoms with van der Waals surface area (Å²) in [4.78, 5) is 4.58. The summed E-state index contributed by atoms with van der Waals surface area (Å²) in [6.45, 7) is 0.386. The van der Waals surface area contributed by atoms with Crippen molar-refractivity contribution in [2.75, 3.05) is 11.7 Å². The van der Waals surface area contributed by atoms with E-state index in [2.05, 4.69) is 10.4 Å². The molecule has 33 heavy (non-hydrogen) atoms. The van der Waals surface area contributed by atoms with Crippen molar-refractivity contribution in [1.29, 1.82) is 0 Å². The minimum atomic E-state index is -3.78. The first kappa shape index (κ1) is 22.3. The number of fused-ring (bicyclic) bond motifs is 3. The van der Waals surface area contributed by atoms with Crippen LogP contribution in [0.2, 0.25) is 0 Å². The first-order valence-electron chi connectivity index (χ1n) is 10.9. The van der Waals surface area contributed by atoms with E-state index in [0.717, 1.165) is 11.3 Å². The molecule has 9 nitrogen and oxygen atoms in total. The van der Waals surface area contributed by atoms with Crippen LogP contribution in [0, 0.1) is 5.92 Å². The molecule has 11 heteroatoms. The van der Waals surface area contributed by atoms with Gasteiger partial charge in [0, 0.05) is 35.9 Å². The van der Waals surface area contributed by atoms with E-state index in [1.165, 1.54) is 16.4 Å². The van der Waals surface area contributed by atoms with E-state index in [1.807, 2.05) is 0 Å². The van der Waals surface area contributed by atoms with Crippen molar-refractivity contribution >= 4 is 36.6 Å². The number of rotatable bonds is 5. The highest BCUT2D eigenvalue weighted by atomic mass is 32.2. The Labute approximate surface area is 193 Å². The van der Waals surface area contributed by atoms with Crippen LogP contribution >= 0.6 is 0 Å². The van der Waals surface area contributed by atoms with Gasteiger partial charge in [0.15, 0.2) is 5.65 Å². The Bertz CT molecular complexity index is 1400. The molecule has 0 amide bonds. The maximum atomic E-state index is 13.1. The SMILES string of the molecule is CS(=O)(=O)C1CCC(C(O)N2Cc3c(cnc4c3ccn4S(=O)(=O)c3ccccc3)N2)CC1. The van der Waals surface area contributed by atoms with Crippen molar-refractivity contribution in [3.05, 3.63) is 54.4 Å². The molecule has 176 valence electrons. The molecule has 0 saturated heterocycles. The van der Waals surface area contributed by atoms with Gasteiger partial charge < -0.3 is 10.5 Å². The van der Waals surface area contributed by atoms with Crippen LogP contribution in [-0.4, -0.2) is 53.6 Å². The van der Waals surface area contributed by atoms with Crippen LogP contribution in [0.4, 0.5) is 5.69 Å². The number of hydrazine groups is 1. The first-order chi connectivity index (χ1) is 15.7. The molecule has 5 rings (SSSR count). The molecule has 3 heterocycles. The van der Waals surface area contributed by atoms with Gasteiger partial charge in [-0.1, -0.05) is 18.2 Å². The van der Waals surface area contributed by atoms with Crippen molar-refractivity contribution in [1.82, 2.24) is 14.0 Å². The van der Waals surface area contributed by atoms with Crippen molar-refractivity contribution in [2.45, 2.75) is 48.6 Å². The number of nitrogens with zero attached hydrogens (tertiary/aromatic N) is 3. The van der Waals surface area contributed by atoms with E-state index in [1.54, 1.807) is 47.6 Å². The summed E-state index contributed by atoms with van der Waals surface area (Å²) in [6.07, 6.45) is 5.94. The average Bonchev–Trinajstić information content (AvgIpc) is 3.43. The maximum Gasteiger partial charge on any atom is 0.269 e. The zero-order valence-electron chi connectivity index (χ0n) is 18.1. The number of nitrogens with one attached hydrogen (secondary N) is 1. The molecule has 1 aliphatic heterocycles. The summed E-state index contributed by atoms with van der Waals surface area (Å²) >= 11 is 0. The Morgan fingerprint density at radius 3 is 2.42 bits per heavy atom. The van der Waals surface area contributed by atoms with E-state index in [4.69, 9.17) is 0 Å². The fourth-order valence-electron chi connectivity index (χ4n) is 4.88. The van der Waals surface area contributed by atoms with E-state index in [0.29, 0.717) is 43.3 Å². The van der Waals surface area contributed by atoms with Crippen LogP contribution in [0.3, 0.4) is 0 Å². The third kappa shape index (κ3) is 3.92. The molecule has 1 saturated carbocycles. The number of benzene rings is 1. The van der Waals surface area contributed by atoms with Gasteiger partial charge in [-0.3, -0.25) is 0 Å². The van der Waals surface area contributed by atoms with E-state index in [9.17, 15) is 21.9 Å². The minimum Gasteiger partial charge on any atom is -0.376 e. The summed E-state index contributed by atoms with van der Waals surface area (Å²) in [5.74, 6) is -0.0451. The molecule has 0 bridgehead atoms. The normalized spacial score (nSPS) is 22.7. The molecule has 1 unspecified atom stereocenters. The summed E-state index contributed by atoms with van der Waals surface area (Å²) in [7, 11) is -6.84. The van der Waals surface area contributed by atoms with Crippen molar-refractivity contribution in [3.63, 3.8) is 0 Å². The Morgan fingerprint density at radius 1 is 1.06 bits per heavy atom. The van der Waals surface area contributed by atoms with Crippen molar-refractivity contribution < 1.29 is 21.9 Å². The Morgan fingerprint density at radius 2 is 1.76 bits per heavy atom. The second-order valence-corrected chi connectivity index (χ2v) is 13.0. The van der Waals surface area contributed by atoms with E-state index >= 15 is 0 Å². The monoisotopic (exact) mass is 490 g/mol. The molecule has 0 radical (unpaired) electrons. The summed E-state index contributed by atoms with van der Waals surface area (Å²) < 4.78 is 51.0. The maximum absolute atomic E-state index is 13.1. The van der Waals surface area contributed by atoms with Gasteiger partial charge in [0.05, 0.1) is 22.0 Å². The average molecular weight is 491 g/mol. The molecular weight excluding hydrogens is 464 g/mol. The summed E-state index contributed by atoms with van der Waals surface area (Å²) in [5.41, 5.74) is 5.12. The van der Waals surface area contributed by atoms with Crippen LogP contribution in [0.15, 0.2) is 53.7 Å². The van der Waals surface area contributed by atoms with E-state index in [-0.39, 0.29) is 16.1 Å². The van der Waals surface area contributed by atoms with Crippen LogP contribution in [0.5, 0.6) is 0 Å². The molecule has 1 aliphatic carbocycles. The lowest BCUT2D eigenvalue weighted by atomic mass is 9.87. The predicted octanol–water partition coefficient (Wildman–Crippen LogP) is 2.34. The number of aromatic nitrogens is 2.